The molecular weight excluding hydrogens is 417 g/mol. The average Bonchev–Trinajstić information content (AvgIpc) is 3.52. The first-order valence-corrected chi connectivity index (χ1v) is 11.7. The van der Waals surface area contributed by atoms with E-state index in [2.05, 4.69) is 44.7 Å². The van der Waals surface area contributed by atoms with Gasteiger partial charge in [0.25, 0.3) is 0 Å². The van der Waals surface area contributed by atoms with Gasteiger partial charge in [0.15, 0.2) is 0 Å². The second-order valence-electron chi connectivity index (χ2n) is 8.83. The Labute approximate surface area is 193 Å². The van der Waals surface area contributed by atoms with E-state index in [0.29, 0.717) is 0 Å². The van der Waals surface area contributed by atoms with Crippen molar-refractivity contribution < 1.29 is 4.39 Å². The molecule has 0 amide bonds. The van der Waals surface area contributed by atoms with Crippen LogP contribution in [0.25, 0.3) is 5.70 Å². The van der Waals surface area contributed by atoms with Gasteiger partial charge in [0, 0.05) is 38.9 Å². The maximum atomic E-state index is 13.9. The van der Waals surface area contributed by atoms with Gasteiger partial charge in [0.05, 0.1) is 11.7 Å². The summed E-state index contributed by atoms with van der Waals surface area (Å²) in [6, 6.07) is 13.3. The summed E-state index contributed by atoms with van der Waals surface area (Å²) in [6.07, 6.45) is 8.24. The molecule has 0 spiro atoms. The highest BCUT2D eigenvalue weighted by molar-refractivity contribution is 5.94. The van der Waals surface area contributed by atoms with Gasteiger partial charge in [0.2, 0.25) is 0 Å². The number of nitrogens with one attached hydrogen (secondary N) is 2. The first kappa shape index (κ1) is 20.2. The number of nitrogens with zero attached hydrogens (tertiary/aromatic N) is 5. The summed E-state index contributed by atoms with van der Waals surface area (Å²) in [5, 5.41) is 13.8. The first-order valence-electron chi connectivity index (χ1n) is 11.7. The SMILES string of the molecule is Fc1cccc(C2CCCN2C2=NN3C(c4cccc(N5CCNCC5)n4)=CNC3C=C2)c1. The zero-order valence-corrected chi connectivity index (χ0v) is 18.5. The second-order valence-corrected chi connectivity index (χ2v) is 8.83. The molecule has 2 atom stereocenters. The molecular formula is C25H28FN7. The van der Waals surface area contributed by atoms with E-state index >= 15 is 0 Å². The van der Waals surface area contributed by atoms with Gasteiger partial charge in [-0.25, -0.2) is 14.4 Å². The van der Waals surface area contributed by atoms with Gasteiger partial charge in [-0.05, 0) is 54.8 Å². The van der Waals surface area contributed by atoms with E-state index in [1.165, 1.54) is 6.07 Å². The predicted molar refractivity (Wildman–Crippen MR) is 128 cm³/mol. The molecule has 170 valence electrons. The molecule has 0 bridgehead atoms. The maximum Gasteiger partial charge on any atom is 0.149 e. The molecule has 2 fully saturated rings. The minimum atomic E-state index is -0.190. The number of halogens is 1. The molecule has 7 nitrogen and oxygen atoms in total. The van der Waals surface area contributed by atoms with Crippen LogP contribution in [-0.2, 0) is 0 Å². The molecule has 4 aliphatic rings. The Hall–Kier alpha value is -3.39. The van der Waals surface area contributed by atoms with Crippen LogP contribution >= 0.6 is 0 Å². The lowest BCUT2D eigenvalue weighted by Crippen LogP contribution is -2.44. The van der Waals surface area contributed by atoms with E-state index < -0.39 is 0 Å². The molecule has 2 saturated heterocycles. The van der Waals surface area contributed by atoms with Gasteiger partial charge >= 0.3 is 0 Å². The minimum absolute atomic E-state index is 0.0244. The van der Waals surface area contributed by atoms with Crippen molar-refractivity contribution in [2.45, 2.75) is 25.0 Å². The molecule has 1 aromatic carbocycles. The summed E-state index contributed by atoms with van der Waals surface area (Å²) >= 11 is 0. The second kappa shape index (κ2) is 8.51. The number of aromatic nitrogens is 1. The number of pyridine rings is 1. The molecule has 2 N–H and O–H groups in total. The third kappa shape index (κ3) is 3.84. The summed E-state index contributed by atoms with van der Waals surface area (Å²) in [4.78, 5) is 9.58. The van der Waals surface area contributed by atoms with Crippen LogP contribution in [0, 0.1) is 5.82 Å². The van der Waals surface area contributed by atoms with Gasteiger partial charge in [-0.2, -0.15) is 5.10 Å². The highest BCUT2D eigenvalue weighted by atomic mass is 19.1. The number of hydrogen-bond acceptors (Lipinski definition) is 7. The average molecular weight is 446 g/mol. The number of hydrazone groups is 1. The van der Waals surface area contributed by atoms with Crippen molar-refractivity contribution in [1.82, 2.24) is 25.5 Å². The summed E-state index contributed by atoms with van der Waals surface area (Å²) in [6.45, 7) is 4.78. The van der Waals surface area contributed by atoms with Crippen molar-refractivity contribution in [2.24, 2.45) is 5.10 Å². The standard InChI is InChI=1S/C25H28FN7/c26-19-5-1-4-18(16-19)21-7-3-13-32(21)25-10-9-23-28-17-22(33(23)30-25)20-6-2-8-24(29-20)31-14-11-27-12-15-31/h1-2,4-6,8-10,16-17,21,23,27-28H,3,7,11-15H2. The van der Waals surface area contributed by atoms with E-state index in [0.717, 1.165) is 74.2 Å². The fourth-order valence-electron chi connectivity index (χ4n) is 5.11. The zero-order valence-electron chi connectivity index (χ0n) is 18.5. The summed E-state index contributed by atoms with van der Waals surface area (Å²) in [5.41, 5.74) is 2.87. The Kier molecular flexibility index (Phi) is 5.22. The van der Waals surface area contributed by atoms with Gasteiger partial charge in [-0.15, -0.1) is 0 Å². The smallest absolute Gasteiger partial charge is 0.149 e. The van der Waals surface area contributed by atoms with Crippen LogP contribution in [0.4, 0.5) is 10.2 Å². The Morgan fingerprint density at radius 3 is 2.79 bits per heavy atom. The van der Waals surface area contributed by atoms with Crippen LogP contribution in [-0.4, -0.2) is 59.6 Å². The zero-order chi connectivity index (χ0) is 22.2. The fourth-order valence-corrected chi connectivity index (χ4v) is 5.11. The molecule has 6 rings (SSSR count). The highest BCUT2D eigenvalue weighted by Crippen LogP contribution is 2.35. The van der Waals surface area contributed by atoms with E-state index in [-0.39, 0.29) is 18.0 Å². The van der Waals surface area contributed by atoms with Gasteiger partial charge < -0.3 is 20.4 Å². The number of hydrogen-bond donors (Lipinski definition) is 2. The monoisotopic (exact) mass is 445 g/mol. The van der Waals surface area contributed by atoms with E-state index in [1.54, 1.807) is 12.1 Å². The largest absolute Gasteiger partial charge is 0.365 e. The number of likely N-dealkylation sites (tertiary alicyclic amines) is 1. The first-order chi connectivity index (χ1) is 16.3. The summed E-state index contributed by atoms with van der Waals surface area (Å²) < 4.78 is 13.9. The van der Waals surface area contributed by atoms with Crippen LogP contribution in [0.2, 0.25) is 0 Å². The van der Waals surface area contributed by atoms with Crippen molar-refractivity contribution >= 4 is 17.4 Å². The molecule has 0 aliphatic carbocycles. The lowest BCUT2D eigenvalue weighted by Gasteiger charge is -2.32. The molecule has 4 aliphatic heterocycles. The molecule has 1 aromatic heterocycles. The number of anilines is 1. The Balaban J connectivity index is 1.27. The van der Waals surface area contributed by atoms with Crippen molar-refractivity contribution in [3.63, 3.8) is 0 Å². The lowest BCUT2D eigenvalue weighted by atomic mass is 10.0. The third-order valence-electron chi connectivity index (χ3n) is 6.76. The normalized spacial score (nSPS) is 24.5. The highest BCUT2D eigenvalue weighted by Gasteiger charge is 2.33. The van der Waals surface area contributed by atoms with E-state index in [1.807, 2.05) is 23.3 Å². The number of fused-ring (bicyclic) bond motifs is 1. The number of amidine groups is 1. The lowest BCUT2D eigenvalue weighted by molar-refractivity contribution is 0.327. The van der Waals surface area contributed by atoms with Crippen LogP contribution in [0.15, 0.2) is 65.9 Å². The molecule has 33 heavy (non-hydrogen) atoms. The van der Waals surface area contributed by atoms with E-state index in [4.69, 9.17) is 10.1 Å². The van der Waals surface area contributed by atoms with Crippen molar-refractivity contribution in [1.29, 1.82) is 0 Å². The quantitative estimate of drug-likeness (QED) is 0.758. The van der Waals surface area contributed by atoms with Crippen LogP contribution in [0.3, 0.4) is 0 Å². The molecule has 2 aromatic rings. The Morgan fingerprint density at radius 2 is 1.91 bits per heavy atom. The number of rotatable bonds is 3. The Morgan fingerprint density at radius 1 is 1.03 bits per heavy atom. The molecule has 0 saturated carbocycles. The van der Waals surface area contributed by atoms with Crippen LogP contribution in [0.5, 0.6) is 0 Å². The van der Waals surface area contributed by atoms with Crippen molar-refractivity contribution in [2.75, 3.05) is 37.6 Å². The Bertz CT molecular complexity index is 1120. The van der Waals surface area contributed by atoms with Crippen LogP contribution in [0.1, 0.15) is 30.1 Å². The minimum Gasteiger partial charge on any atom is -0.365 e. The molecule has 5 heterocycles. The van der Waals surface area contributed by atoms with Crippen LogP contribution < -0.4 is 15.5 Å². The fraction of sp³-hybridized carbons (Fsp3) is 0.360. The van der Waals surface area contributed by atoms with Gasteiger partial charge in [0.1, 0.15) is 29.3 Å². The summed E-state index contributed by atoms with van der Waals surface area (Å²) in [5.74, 6) is 1.72. The van der Waals surface area contributed by atoms with E-state index in [9.17, 15) is 4.39 Å². The molecule has 0 radical (unpaired) electrons. The van der Waals surface area contributed by atoms with Crippen molar-refractivity contribution in [3.05, 3.63) is 77.9 Å². The number of benzene rings is 1. The van der Waals surface area contributed by atoms with Gasteiger partial charge in [-0.3, -0.25) is 0 Å². The summed E-state index contributed by atoms with van der Waals surface area (Å²) in [7, 11) is 0. The topological polar surface area (TPSA) is 59.0 Å². The van der Waals surface area contributed by atoms with Crippen molar-refractivity contribution in [3.8, 4) is 0 Å². The molecule has 2 unspecified atom stereocenters. The predicted octanol–water partition coefficient (Wildman–Crippen LogP) is 2.88. The molecule has 8 heteroatoms. The third-order valence-corrected chi connectivity index (χ3v) is 6.76. The number of piperazine rings is 1. The van der Waals surface area contributed by atoms with Gasteiger partial charge in [-0.1, -0.05) is 18.2 Å². The maximum absolute atomic E-state index is 13.9.